The second-order valence-corrected chi connectivity index (χ2v) is 5.56. The molecule has 1 aliphatic heterocycles. The third kappa shape index (κ3) is 4.24. The maximum absolute atomic E-state index is 5.72. The van der Waals surface area contributed by atoms with Crippen LogP contribution in [0.3, 0.4) is 0 Å². The summed E-state index contributed by atoms with van der Waals surface area (Å²) in [6.07, 6.45) is 5.71. The number of hydrazine groups is 1. The van der Waals surface area contributed by atoms with Crippen molar-refractivity contribution in [2.45, 2.75) is 24.9 Å². The summed E-state index contributed by atoms with van der Waals surface area (Å²) in [6.45, 7) is 3.39. The van der Waals surface area contributed by atoms with Gasteiger partial charge in [0.05, 0.1) is 0 Å². The molecule has 106 valence electrons. The van der Waals surface area contributed by atoms with E-state index in [-0.39, 0.29) is 0 Å². The van der Waals surface area contributed by atoms with E-state index >= 15 is 0 Å². The smallest absolute Gasteiger partial charge is 0.0300 e. The highest BCUT2D eigenvalue weighted by Gasteiger charge is 2.24. The second-order valence-electron chi connectivity index (χ2n) is 5.56. The predicted molar refractivity (Wildman–Crippen MR) is 77.6 cm³/mol. The van der Waals surface area contributed by atoms with E-state index < -0.39 is 0 Å². The summed E-state index contributed by atoms with van der Waals surface area (Å²) in [7, 11) is 4.39. The quantitative estimate of drug-likeness (QED) is 0.582. The maximum atomic E-state index is 5.72. The molecule has 5 heteroatoms. The van der Waals surface area contributed by atoms with Crippen molar-refractivity contribution in [3.05, 3.63) is 30.1 Å². The molecule has 1 aromatic heterocycles. The Morgan fingerprint density at radius 3 is 3.00 bits per heavy atom. The Hall–Kier alpha value is -1.01. The first-order chi connectivity index (χ1) is 9.19. The summed E-state index contributed by atoms with van der Waals surface area (Å²) in [5.41, 5.74) is 4.19. The second kappa shape index (κ2) is 6.96. The molecule has 0 radical (unpaired) electrons. The molecule has 0 aromatic carbocycles. The van der Waals surface area contributed by atoms with E-state index in [0.29, 0.717) is 12.1 Å². The van der Waals surface area contributed by atoms with Gasteiger partial charge in [0.25, 0.3) is 0 Å². The maximum Gasteiger partial charge on any atom is 0.0300 e. The standard InChI is InChI=1S/C14H25N5/c1-18-6-7-19(2)14(11-18)9-13(17-15)8-12-4-3-5-16-10-12/h3-5,10,13-14,17H,6-9,11,15H2,1-2H3. The summed E-state index contributed by atoms with van der Waals surface area (Å²) < 4.78 is 0. The predicted octanol–water partition coefficient (Wildman–Crippen LogP) is 0.0919. The van der Waals surface area contributed by atoms with Crippen LogP contribution in [0.25, 0.3) is 0 Å². The zero-order valence-corrected chi connectivity index (χ0v) is 11.9. The Morgan fingerprint density at radius 1 is 1.47 bits per heavy atom. The lowest BCUT2D eigenvalue weighted by Crippen LogP contribution is -2.53. The van der Waals surface area contributed by atoms with Crippen molar-refractivity contribution >= 4 is 0 Å². The molecule has 2 rings (SSSR count). The van der Waals surface area contributed by atoms with Crippen LogP contribution in [-0.2, 0) is 6.42 Å². The highest BCUT2D eigenvalue weighted by Crippen LogP contribution is 2.14. The molecule has 0 amide bonds. The molecule has 2 heterocycles. The molecule has 2 unspecified atom stereocenters. The average Bonchev–Trinajstić information content (AvgIpc) is 2.43. The highest BCUT2D eigenvalue weighted by atomic mass is 15.3. The van der Waals surface area contributed by atoms with Crippen LogP contribution < -0.4 is 11.3 Å². The van der Waals surface area contributed by atoms with Gasteiger partial charge in [-0.3, -0.25) is 16.3 Å². The first-order valence-corrected chi connectivity index (χ1v) is 6.93. The van der Waals surface area contributed by atoms with Crippen LogP contribution in [0.15, 0.2) is 24.5 Å². The van der Waals surface area contributed by atoms with Gasteiger partial charge in [-0.25, -0.2) is 0 Å². The van der Waals surface area contributed by atoms with Crippen LogP contribution in [0.1, 0.15) is 12.0 Å². The Bertz CT molecular complexity index is 369. The van der Waals surface area contributed by atoms with Gasteiger partial charge in [0.1, 0.15) is 0 Å². The summed E-state index contributed by atoms with van der Waals surface area (Å²) in [4.78, 5) is 8.99. The van der Waals surface area contributed by atoms with E-state index in [0.717, 1.165) is 32.5 Å². The van der Waals surface area contributed by atoms with E-state index in [1.807, 2.05) is 12.3 Å². The van der Waals surface area contributed by atoms with Crippen LogP contribution >= 0.6 is 0 Å². The SMILES string of the molecule is CN1CCN(C)C(CC(Cc2cccnc2)NN)C1. The fourth-order valence-corrected chi connectivity index (χ4v) is 2.70. The fourth-order valence-electron chi connectivity index (χ4n) is 2.70. The number of hydrogen-bond donors (Lipinski definition) is 2. The molecule has 0 bridgehead atoms. The lowest BCUT2D eigenvalue weighted by Gasteiger charge is -2.39. The number of pyridine rings is 1. The van der Waals surface area contributed by atoms with E-state index in [1.165, 1.54) is 5.56 Å². The van der Waals surface area contributed by atoms with Gasteiger partial charge in [-0.2, -0.15) is 0 Å². The Morgan fingerprint density at radius 2 is 2.32 bits per heavy atom. The summed E-state index contributed by atoms with van der Waals surface area (Å²) in [5.74, 6) is 5.72. The number of aromatic nitrogens is 1. The lowest BCUT2D eigenvalue weighted by molar-refractivity contribution is 0.101. The molecule has 0 saturated carbocycles. The minimum Gasteiger partial charge on any atom is -0.304 e. The number of likely N-dealkylation sites (N-methyl/N-ethyl adjacent to an activating group) is 2. The van der Waals surface area contributed by atoms with Crippen molar-refractivity contribution in [3.8, 4) is 0 Å². The minimum absolute atomic E-state index is 0.295. The minimum atomic E-state index is 0.295. The Kier molecular flexibility index (Phi) is 5.27. The monoisotopic (exact) mass is 263 g/mol. The van der Waals surface area contributed by atoms with Crippen molar-refractivity contribution in [3.63, 3.8) is 0 Å². The summed E-state index contributed by atoms with van der Waals surface area (Å²) >= 11 is 0. The third-order valence-corrected chi connectivity index (χ3v) is 3.98. The third-order valence-electron chi connectivity index (χ3n) is 3.98. The molecule has 1 aliphatic rings. The molecule has 1 fully saturated rings. The van der Waals surface area contributed by atoms with Crippen LogP contribution in [0.5, 0.6) is 0 Å². The molecular formula is C14H25N5. The number of nitrogens with zero attached hydrogens (tertiary/aromatic N) is 3. The zero-order chi connectivity index (χ0) is 13.7. The van der Waals surface area contributed by atoms with Gasteiger partial charge < -0.3 is 9.80 Å². The zero-order valence-electron chi connectivity index (χ0n) is 11.9. The number of hydrogen-bond acceptors (Lipinski definition) is 5. The van der Waals surface area contributed by atoms with Gasteiger partial charge in [0.2, 0.25) is 0 Å². The highest BCUT2D eigenvalue weighted by molar-refractivity contribution is 5.10. The number of nitrogens with one attached hydrogen (secondary N) is 1. The van der Waals surface area contributed by atoms with Gasteiger partial charge in [0.15, 0.2) is 0 Å². The van der Waals surface area contributed by atoms with E-state index in [9.17, 15) is 0 Å². The van der Waals surface area contributed by atoms with Gasteiger partial charge in [-0.05, 0) is 38.6 Å². The first kappa shape index (κ1) is 14.4. The lowest BCUT2D eigenvalue weighted by atomic mass is 9.98. The molecule has 1 saturated heterocycles. The van der Waals surface area contributed by atoms with Gasteiger partial charge in [-0.1, -0.05) is 6.07 Å². The Balaban J connectivity index is 1.91. The molecule has 3 N–H and O–H groups in total. The van der Waals surface area contributed by atoms with Crippen molar-refractivity contribution in [1.82, 2.24) is 20.2 Å². The summed E-state index contributed by atoms with van der Waals surface area (Å²) in [6, 6.07) is 4.94. The largest absolute Gasteiger partial charge is 0.304 e. The van der Waals surface area contributed by atoms with Crippen LogP contribution in [0.2, 0.25) is 0 Å². The van der Waals surface area contributed by atoms with Crippen LogP contribution in [-0.4, -0.2) is 60.6 Å². The van der Waals surface area contributed by atoms with E-state index in [1.54, 1.807) is 6.20 Å². The molecule has 0 spiro atoms. The molecular weight excluding hydrogens is 238 g/mol. The van der Waals surface area contributed by atoms with Crippen LogP contribution in [0.4, 0.5) is 0 Å². The molecule has 0 aliphatic carbocycles. The van der Waals surface area contributed by atoms with Crippen molar-refractivity contribution in [2.24, 2.45) is 5.84 Å². The topological polar surface area (TPSA) is 57.4 Å². The number of nitrogens with two attached hydrogens (primary N) is 1. The van der Waals surface area contributed by atoms with Gasteiger partial charge in [0, 0.05) is 44.1 Å². The van der Waals surface area contributed by atoms with Gasteiger partial charge >= 0.3 is 0 Å². The van der Waals surface area contributed by atoms with E-state index in [4.69, 9.17) is 5.84 Å². The summed E-state index contributed by atoms with van der Waals surface area (Å²) in [5, 5.41) is 0. The molecule has 1 aromatic rings. The Labute approximate surface area is 115 Å². The number of piperazine rings is 1. The normalized spacial score (nSPS) is 23.4. The van der Waals surface area contributed by atoms with Crippen molar-refractivity contribution in [2.75, 3.05) is 33.7 Å². The molecule has 2 atom stereocenters. The molecule has 5 nitrogen and oxygen atoms in total. The van der Waals surface area contributed by atoms with E-state index in [2.05, 4.69) is 40.4 Å². The average molecular weight is 263 g/mol. The van der Waals surface area contributed by atoms with Crippen LogP contribution in [0, 0.1) is 0 Å². The first-order valence-electron chi connectivity index (χ1n) is 6.93. The van der Waals surface area contributed by atoms with Gasteiger partial charge in [-0.15, -0.1) is 0 Å². The number of rotatable bonds is 5. The fraction of sp³-hybridized carbons (Fsp3) is 0.643. The van der Waals surface area contributed by atoms with Crippen molar-refractivity contribution < 1.29 is 0 Å². The molecule has 19 heavy (non-hydrogen) atoms. The van der Waals surface area contributed by atoms with Crippen molar-refractivity contribution in [1.29, 1.82) is 0 Å².